The Bertz CT molecular complexity index is 1290. The SMILES string of the molecule is O=C(O[C@H]1C[C@@H](OCc2ccccc2)[C@H](OCc2ccccc2)[C@@H](COCc2ccccc2)O1)c1ccccn1. The fourth-order valence-corrected chi connectivity index (χ4v) is 4.55. The van der Waals surface area contributed by atoms with Gasteiger partial charge in [0.25, 0.3) is 0 Å². The molecule has 7 nitrogen and oxygen atoms in total. The second-order valence-electron chi connectivity index (χ2n) is 9.56. The number of benzene rings is 3. The first kappa shape index (κ1) is 27.7. The van der Waals surface area contributed by atoms with E-state index < -0.39 is 30.6 Å². The van der Waals surface area contributed by atoms with Crippen LogP contribution in [0.15, 0.2) is 115 Å². The zero-order valence-electron chi connectivity index (χ0n) is 22.2. The van der Waals surface area contributed by atoms with Crippen LogP contribution in [0.3, 0.4) is 0 Å². The number of carbonyl (C=O) groups excluding carboxylic acids is 1. The van der Waals surface area contributed by atoms with Gasteiger partial charge in [0.1, 0.15) is 17.9 Å². The third-order valence-corrected chi connectivity index (χ3v) is 6.58. The number of ether oxygens (including phenoxy) is 5. The van der Waals surface area contributed by atoms with Gasteiger partial charge in [-0.25, -0.2) is 9.78 Å². The van der Waals surface area contributed by atoms with Crippen LogP contribution in [0.2, 0.25) is 0 Å². The highest BCUT2D eigenvalue weighted by Crippen LogP contribution is 2.29. The quantitative estimate of drug-likeness (QED) is 0.213. The van der Waals surface area contributed by atoms with Crippen LogP contribution >= 0.6 is 0 Å². The van der Waals surface area contributed by atoms with Crippen molar-refractivity contribution < 1.29 is 28.5 Å². The standard InChI is InChI=1S/C33H33NO6/c35-33(28-18-10-11-19-34-28)40-31-20-29(37-22-26-14-6-2-7-15-26)32(38-23-27-16-8-3-9-17-27)30(39-31)24-36-21-25-12-4-1-5-13-25/h1-19,29-32H,20-24H2/t29-,30-,31+,32+/m1/s1. The normalized spacial score (nSPS) is 20.6. The summed E-state index contributed by atoms with van der Waals surface area (Å²) in [5, 5.41) is 0. The summed E-state index contributed by atoms with van der Waals surface area (Å²) in [6.07, 6.45) is -0.396. The highest BCUT2D eigenvalue weighted by Gasteiger charge is 2.42. The fourth-order valence-electron chi connectivity index (χ4n) is 4.55. The predicted molar refractivity (Wildman–Crippen MR) is 149 cm³/mol. The largest absolute Gasteiger partial charge is 0.431 e. The highest BCUT2D eigenvalue weighted by atomic mass is 16.7. The van der Waals surface area contributed by atoms with Crippen LogP contribution in [0.25, 0.3) is 0 Å². The summed E-state index contributed by atoms with van der Waals surface area (Å²) in [6, 6.07) is 34.9. The van der Waals surface area contributed by atoms with E-state index in [-0.39, 0.29) is 12.3 Å². The lowest BCUT2D eigenvalue weighted by Crippen LogP contribution is -2.53. The third-order valence-electron chi connectivity index (χ3n) is 6.58. The summed E-state index contributed by atoms with van der Waals surface area (Å²) < 4.78 is 31.0. The highest BCUT2D eigenvalue weighted by molar-refractivity contribution is 5.87. The van der Waals surface area contributed by atoms with Gasteiger partial charge >= 0.3 is 5.97 Å². The molecule has 4 atom stereocenters. The fraction of sp³-hybridized carbons (Fsp3) is 0.273. The molecule has 0 unspecified atom stereocenters. The van der Waals surface area contributed by atoms with Crippen LogP contribution in [0.5, 0.6) is 0 Å². The molecular weight excluding hydrogens is 506 g/mol. The number of carbonyl (C=O) groups is 1. The summed E-state index contributed by atoms with van der Waals surface area (Å²) in [6.45, 7) is 1.42. The Kier molecular flexibility index (Phi) is 10.0. The number of hydrogen-bond acceptors (Lipinski definition) is 7. The molecule has 0 spiro atoms. The summed E-state index contributed by atoms with van der Waals surface area (Å²) in [7, 11) is 0. The molecule has 0 N–H and O–H groups in total. The summed E-state index contributed by atoms with van der Waals surface area (Å²) in [5.74, 6) is -0.556. The smallest absolute Gasteiger partial charge is 0.359 e. The molecule has 1 aliphatic heterocycles. The Morgan fingerprint density at radius 3 is 1.90 bits per heavy atom. The van der Waals surface area contributed by atoms with Crippen LogP contribution in [-0.2, 0) is 43.5 Å². The van der Waals surface area contributed by atoms with Gasteiger partial charge in [-0.15, -0.1) is 0 Å². The zero-order chi connectivity index (χ0) is 27.4. The van der Waals surface area contributed by atoms with Crippen molar-refractivity contribution in [1.82, 2.24) is 4.98 Å². The second kappa shape index (κ2) is 14.5. The van der Waals surface area contributed by atoms with E-state index in [1.807, 2.05) is 91.0 Å². The molecule has 206 valence electrons. The van der Waals surface area contributed by atoms with E-state index in [1.165, 1.54) is 0 Å². The van der Waals surface area contributed by atoms with Gasteiger partial charge in [-0.2, -0.15) is 0 Å². The molecule has 7 heteroatoms. The topological polar surface area (TPSA) is 76.1 Å². The third kappa shape index (κ3) is 8.07. The number of nitrogens with zero attached hydrogens (tertiary/aromatic N) is 1. The van der Waals surface area contributed by atoms with Crippen LogP contribution < -0.4 is 0 Å². The van der Waals surface area contributed by atoms with Crippen molar-refractivity contribution in [3.05, 3.63) is 138 Å². The molecule has 0 aliphatic carbocycles. The van der Waals surface area contributed by atoms with Gasteiger partial charge in [0.05, 0.1) is 32.5 Å². The first-order valence-corrected chi connectivity index (χ1v) is 13.4. The lowest BCUT2D eigenvalue weighted by Gasteiger charge is -2.41. The molecule has 1 aliphatic rings. The van der Waals surface area contributed by atoms with Crippen molar-refractivity contribution in [3.8, 4) is 0 Å². The number of esters is 1. The second-order valence-corrected chi connectivity index (χ2v) is 9.56. The Hall–Kier alpha value is -3.88. The average Bonchev–Trinajstić information content (AvgIpc) is 3.01. The minimum atomic E-state index is -0.850. The molecule has 1 fully saturated rings. The molecule has 2 heterocycles. The molecule has 3 aromatic carbocycles. The molecule has 0 amide bonds. The molecule has 5 rings (SSSR count). The van der Waals surface area contributed by atoms with Gasteiger partial charge in [0.2, 0.25) is 6.29 Å². The number of pyridine rings is 1. The Morgan fingerprint density at radius 1 is 0.725 bits per heavy atom. The van der Waals surface area contributed by atoms with Crippen LogP contribution in [-0.4, -0.2) is 42.2 Å². The number of aromatic nitrogens is 1. The van der Waals surface area contributed by atoms with Crippen molar-refractivity contribution in [2.24, 2.45) is 0 Å². The van der Waals surface area contributed by atoms with E-state index in [1.54, 1.807) is 24.4 Å². The maximum absolute atomic E-state index is 12.8. The minimum Gasteiger partial charge on any atom is -0.431 e. The molecule has 0 saturated carbocycles. The van der Waals surface area contributed by atoms with Crippen LogP contribution in [0, 0.1) is 0 Å². The van der Waals surface area contributed by atoms with Gasteiger partial charge in [-0.05, 0) is 28.8 Å². The van der Waals surface area contributed by atoms with Crippen molar-refractivity contribution in [2.45, 2.75) is 50.8 Å². The van der Waals surface area contributed by atoms with Gasteiger partial charge in [0.15, 0.2) is 0 Å². The first-order valence-electron chi connectivity index (χ1n) is 13.4. The molecule has 40 heavy (non-hydrogen) atoms. The zero-order valence-corrected chi connectivity index (χ0v) is 22.2. The van der Waals surface area contributed by atoms with Gasteiger partial charge in [0, 0.05) is 12.6 Å². The Morgan fingerprint density at radius 2 is 1.30 bits per heavy atom. The number of rotatable bonds is 12. The molecule has 0 bridgehead atoms. The number of hydrogen-bond donors (Lipinski definition) is 0. The lowest BCUT2D eigenvalue weighted by molar-refractivity contribution is -0.264. The van der Waals surface area contributed by atoms with E-state index in [9.17, 15) is 4.79 Å². The molecule has 1 saturated heterocycles. The van der Waals surface area contributed by atoms with E-state index in [0.717, 1.165) is 16.7 Å². The van der Waals surface area contributed by atoms with Crippen LogP contribution in [0.4, 0.5) is 0 Å². The van der Waals surface area contributed by atoms with Crippen LogP contribution in [0.1, 0.15) is 33.6 Å². The predicted octanol–water partition coefficient (Wildman–Crippen LogP) is 5.74. The van der Waals surface area contributed by atoms with Gasteiger partial charge in [-0.3, -0.25) is 0 Å². The first-order chi connectivity index (χ1) is 19.7. The summed E-state index contributed by atoms with van der Waals surface area (Å²) in [4.78, 5) is 16.9. The summed E-state index contributed by atoms with van der Waals surface area (Å²) >= 11 is 0. The lowest BCUT2D eigenvalue weighted by atomic mass is 10.0. The van der Waals surface area contributed by atoms with E-state index in [4.69, 9.17) is 23.7 Å². The van der Waals surface area contributed by atoms with Crippen molar-refractivity contribution >= 4 is 5.97 Å². The van der Waals surface area contributed by atoms with E-state index in [2.05, 4.69) is 4.98 Å². The van der Waals surface area contributed by atoms with Gasteiger partial charge < -0.3 is 23.7 Å². The summed E-state index contributed by atoms with van der Waals surface area (Å²) in [5.41, 5.74) is 3.34. The Labute approximate surface area is 234 Å². The van der Waals surface area contributed by atoms with E-state index in [0.29, 0.717) is 26.2 Å². The Balaban J connectivity index is 1.33. The molecule has 4 aromatic rings. The minimum absolute atomic E-state index is 0.215. The van der Waals surface area contributed by atoms with Crippen molar-refractivity contribution in [3.63, 3.8) is 0 Å². The van der Waals surface area contributed by atoms with Gasteiger partial charge in [-0.1, -0.05) is 97.1 Å². The average molecular weight is 540 g/mol. The monoisotopic (exact) mass is 539 g/mol. The van der Waals surface area contributed by atoms with Crippen molar-refractivity contribution in [2.75, 3.05) is 6.61 Å². The maximum Gasteiger partial charge on any atom is 0.359 e. The molecule has 0 radical (unpaired) electrons. The molecular formula is C33H33NO6. The van der Waals surface area contributed by atoms with Crippen molar-refractivity contribution in [1.29, 1.82) is 0 Å². The van der Waals surface area contributed by atoms with E-state index >= 15 is 0 Å². The molecule has 1 aromatic heterocycles. The maximum atomic E-state index is 12.8.